The molecular weight excluding hydrogens is 366 g/mol. The van der Waals surface area contributed by atoms with E-state index < -0.39 is 11.8 Å². The van der Waals surface area contributed by atoms with E-state index in [0.717, 1.165) is 11.6 Å². The van der Waals surface area contributed by atoms with Crippen molar-refractivity contribution in [3.63, 3.8) is 0 Å². The van der Waals surface area contributed by atoms with E-state index >= 15 is 0 Å². The van der Waals surface area contributed by atoms with Crippen molar-refractivity contribution in [1.29, 1.82) is 0 Å². The summed E-state index contributed by atoms with van der Waals surface area (Å²) in [5.41, 5.74) is 2.08. The van der Waals surface area contributed by atoms with E-state index in [-0.39, 0.29) is 0 Å². The highest BCUT2D eigenvalue weighted by Crippen LogP contribution is 2.36. The number of carbonyl (C=O) groups is 1. The molecule has 0 unspecified atom stereocenters. The molecule has 0 aliphatic rings. The van der Waals surface area contributed by atoms with Gasteiger partial charge in [0, 0.05) is 17.2 Å². The second-order valence-electron chi connectivity index (χ2n) is 5.34. The summed E-state index contributed by atoms with van der Waals surface area (Å²) in [7, 11) is 1.53. The van der Waals surface area contributed by atoms with Gasteiger partial charge in [0.25, 0.3) is 0 Å². The van der Waals surface area contributed by atoms with Gasteiger partial charge in [0.2, 0.25) is 0 Å². The van der Waals surface area contributed by atoms with Crippen LogP contribution in [-0.2, 0) is 4.79 Å². The van der Waals surface area contributed by atoms with Crippen LogP contribution in [0.5, 0.6) is 5.75 Å². The van der Waals surface area contributed by atoms with E-state index in [0.29, 0.717) is 32.5 Å². The average molecular weight is 385 g/mol. The van der Waals surface area contributed by atoms with Crippen molar-refractivity contribution in [1.82, 2.24) is 0 Å². The minimum Gasteiger partial charge on any atom is -0.496 e. The fourth-order valence-electron chi connectivity index (χ4n) is 1.95. The maximum Gasteiger partial charge on any atom is 0.328 e. The Labute approximate surface area is 156 Å². The highest BCUT2D eigenvalue weighted by Gasteiger charge is 2.11. The Hall–Kier alpha value is -2.04. The molecule has 0 spiro atoms. The number of allylic oxidation sites excluding steroid dienone is 6. The van der Waals surface area contributed by atoms with Crippen LogP contribution in [0.15, 0.2) is 47.3 Å². The molecule has 1 aromatic carbocycles. The molecule has 6 heteroatoms. The van der Waals surface area contributed by atoms with Gasteiger partial charge in [-0.25, -0.2) is 9.18 Å². The Kier molecular flexibility index (Phi) is 7.94. The lowest BCUT2D eigenvalue weighted by molar-refractivity contribution is -0.131. The lowest BCUT2D eigenvalue weighted by Crippen LogP contribution is -1.91. The highest BCUT2D eigenvalue weighted by molar-refractivity contribution is 6.38. The molecule has 25 heavy (non-hydrogen) atoms. The minimum absolute atomic E-state index is 0.347. The largest absolute Gasteiger partial charge is 0.496 e. The number of carboxylic acids is 1. The summed E-state index contributed by atoms with van der Waals surface area (Å²) in [5, 5.41) is 9.45. The molecule has 1 aromatic rings. The summed E-state index contributed by atoms with van der Waals surface area (Å²) >= 11 is 12.5. The van der Waals surface area contributed by atoms with Crippen LogP contribution in [-0.4, -0.2) is 18.2 Å². The Morgan fingerprint density at radius 2 is 1.88 bits per heavy atom. The van der Waals surface area contributed by atoms with Crippen molar-refractivity contribution in [2.24, 2.45) is 0 Å². The van der Waals surface area contributed by atoms with Crippen molar-refractivity contribution >= 4 is 35.2 Å². The molecule has 0 amide bonds. The molecule has 0 saturated carbocycles. The normalized spacial score (nSPS) is 13.5. The van der Waals surface area contributed by atoms with E-state index in [2.05, 4.69) is 0 Å². The molecule has 0 heterocycles. The molecule has 1 N–H and O–H groups in total. The predicted molar refractivity (Wildman–Crippen MR) is 101 cm³/mol. The summed E-state index contributed by atoms with van der Waals surface area (Å²) < 4.78 is 19.3. The predicted octanol–water partition coefficient (Wildman–Crippen LogP) is 6.15. The van der Waals surface area contributed by atoms with Crippen molar-refractivity contribution in [2.45, 2.75) is 20.8 Å². The van der Waals surface area contributed by atoms with E-state index in [4.69, 9.17) is 33.0 Å². The van der Waals surface area contributed by atoms with Gasteiger partial charge in [0.05, 0.1) is 17.2 Å². The third kappa shape index (κ3) is 6.07. The van der Waals surface area contributed by atoms with Crippen LogP contribution in [0.2, 0.25) is 10.0 Å². The number of hydrogen-bond donors (Lipinski definition) is 1. The zero-order valence-electron chi connectivity index (χ0n) is 14.4. The second kappa shape index (κ2) is 9.44. The first-order valence-corrected chi connectivity index (χ1v) is 8.09. The van der Waals surface area contributed by atoms with Crippen molar-refractivity contribution in [2.75, 3.05) is 7.11 Å². The SMILES string of the molecule is COc1cc(Cl)c(/C=C/C(C)=C(F)C=C/C(C)=C\C(=O)O)c(Cl)c1C. The molecule has 0 bridgehead atoms. The maximum absolute atomic E-state index is 14.1. The quantitative estimate of drug-likeness (QED) is 0.472. The van der Waals surface area contributed by atoms with Crippen molar-refractivity contribution in [3.8, 4) is 5.75 Å². The zero-order chi connectivity index (χ0) is 19.1. The first-order valence-electron chi connectivity index (χ1n) is 7.33. The van der Waals surface area contributed by atoms with E-state index in [9.17, 15) is 9.18 Å². The maximum atomic E-state index is 14.1. The lowest BCUT2D eigenvalue weighted by Gasteiger charge is -2.10. The number of aliphatic carboxylic acids is 1. The molecule has 1 rings (SSSR count). The van der Waals surface area contributed by atoms with Crippen LogP contribution in [0.25, 0.3) is 6.08 Å². The minimum atomic E-state index is -1.08. The molecule has 0 fully saturated rings. The second-order valence-corrected chi connectivity index (χ2v) is 6.12. The van der Waals surface area contributed by atoms with Crippen molar-refractivity contribution < 1.29 is 19.0 Å². The molecule has 0 radical (unpaired) electrons. The van der Waals surface area contributed by atoms with Crippen LogP contribution in [0.3, 0.4) is 0 Å². The van der Waals surface area contributed by atoms with E-state index in [1.165, 1.54) is 19.3 Å². The molecule has 0 saturated heterocycles. The number of benzene rings is 1. The Bertz CT molecular complexity index is 790. The summed E-state index contributed by atoms with van der Waals surface area (Å²) in [5.74, 6) is -0.997. The smallest absolute Gasteiger partial charge is 0.328 e. The summed E-state index contributed by atoms with van der Waals surface area (Å²) in [6, 6.07) is 1.65. The van der Waals surface area contributed by atoms with E-state index in [1.54, 1.807) is 39.0 Å². The molecule has 3 nitrogen and oxygen atoms in total. The number of hydrogen-bond acceptors (Lipinski definition) is 2. The van der Waals surface area contributed by atoms with Crippen LogP contribution in [0, 0.1) is 6.92 Å². The van der Waals surface area contributed by atoms with Crippen molar-refractivity contribution in [3.05, 3.63) is 68.5 Å². The van der Waals surface area contributed by atoms with Crippen LogP contribution < -0.4 is 4.74 Å². The van der Waals surface area contributed by atoms with Gasteiger partial charge in [0.15, 0.2) is 0 Å². The zero-order valence-corrected chi connectivity index (χ0v) is 15.9. The monoisotopic (exact) mass is 384 g/mol. The highest BCUT2D eigenvalue weighted by atomic mass is 35.5. The lowest BCUT2D eigenvalue weighted by atomic mass is 10.1. The molecule has 0 aliphatic heterocycles. The van der Waals surface area contributed by atoms with Crippen LogP contribution in [0.4, 0.5) is 4.39 Å². The van der Waals surface area contributed by atoms with Gasteiger partial charge in [0.1, 0.15) is 11.6 Å². The van der Waals surface area contributed by atoms with Gasteiger partial charge < -0.3 is 9.84 Å². The molecular formula is C19H19Cl2FO3. The van der Waals surface area contributed by atoms with Gasteiger partial charge in [-0.3, -0.25) is 0 Å². The molecule has 0 aliphatic carbocycles. The van der Waals surface area contributed by atoms with Gasteiger partial charge >= 0.3 is 5.97 Å². The standard InChI is InChI=1S/C19H19Cl2FO3/c1-11(9-18(23)24)5-8-16(22)12(2)6-7-14-15(20)10-17(25-4)13(3)19(14)21/h5-10H,1-4H3,(H,23,24)/b7-6+,8-5?,11-9-,16-12?. The van der Waals surface area contributed by atoms with Gasteiger partial charge in [-0.2, -0.15) is 0 Å². The third-order valence-electron chi connectivity index (χ3n) is 3.39. The van der Waals surface area contributed by atoms with E-state index in [1.807, 2.05) is 0 Å². The van der Waals surface area contributed by atoms with Gasteiger partial charge in [-0.05, 0) is 44.1 Å². The Morgan fingerprint density at radius 3 is 2.44 bits per heavy atom. The topological polar surface area (TPSA) is 46.5 Å². The fourth-order valence-corrected chi connectivity index (χ4v) is 2.51. The first kappa shape index (κ1) is 21.0. The number of carboxylic acid groups (broad SMARTS) is 1. The summed E-state index contributed by atoms with van der Waals surface area (Å²) in [6.45, 7) is 4.96. The molecule has 0 aromatic heterocycles. The first-order chi connectivity index (χ1) is 11.7. The number of methoxy groups -OCH3 is 1. The van der Waals surface area contributed by atoms with Gasteiger partial charge in [-0.1, -0.05) is 41.4 Å². The Balaban J connectivity index is 3.11. The third-order valence-corrected chi connectivity index (χ3v) is 4.19. The fraction of sp³-hybridized carbons (Fsp3) is 0.211. The summed E-state index contributed by atoms with van der Waals surface area (Å²) in [4.78, 5) is 10.5. The Morgan fingerprint density at radius 1 is 1.24 bits per heavy atom. The molecule has 134 valence electrons. The van der Waals surface area contributed by atoms with Crippen LogP contribution >= 0.6 is 23.2 Å². The average Bonchev–Trinajstić information content (AvgIpc) is 2.54. The number of rotatable bonds is 6. The molecule has 0 atom stereocenters. The van der Waals surface area contributed by atoms with Crippen LogP contribution in [0.1, 0.15) is 25.0 Å². The summed E-state index contributed by atoms with van der Waals surface area (Å²) in [6.07, 6.45) is 6.76. The number of halogens is 3. The number of ether oxygens (including phenoxy) is 1. The van der Waals surface area contributed by atoms with Gasteiger partial charge in [-0.15, -0.1) is 0 Å².